The Morgan fingerprint density at radius 2 is 2.07 bits per heavy atom. The van der Waals surface area contributed by atoms with E-state index in [4.69, 9.17) is 10.5 Å². The molecular weight excluding hydrogens is 178 g/mol. The molecule has 1 aromatic heterocycles. The van der Waals surface area contributed by atoms with E-state index in [1.807, 2.05) is 0 Å². The highest BCUT2D eigenvalue weighted by Crippen LogP contribution is 2.41. The van der Waals surface area contributed by atoms with Gasteiger partial charge in [0.1, 0.15) is 0 Å². The number of nitrogens with two attached hydrogens (primary N) is 1. The molecule has 0 aliphatic carbocycles. The van der Waals surface area contributed by atoms with Crippen LogP contribution in [0.2, 0.25) is 0 Å². The number of nitrogens with one attached hydrogen (secondary N) is 1. The topological polar surface area (TPSA) is 63.9 Å². The van der Waals surface area contributed by atoms with Crippen LogP contribution >= 0.6 is 0 Å². The van der Waals surface area contributed by atoms with Gasteiger partial charge >= 0.3 is 0 Å². The maximum atomic E-state index is 5.85. The normalized spacial score (nSPS) is 36.1. The molecule has 1 unspecified atom stereocenters. The molecule has 3 atom stereocenters. The van der Waals surface area contributed by atoms with Crippen LogP contribution in [0.3, 0.4) is 0 Å². The van der Waals surface area contributed by atoms with E-state index in [-0.39, 0.29) is 0 Å². The summed E-state index contributed by atoms with van der Waals surface area (Å²) in [5.41, 5.74) is 7.77. The molecule has 0 spiro atoms. The zero-order valence-corrected chi connectivity index (χ0v) is 8.07. The minimum Gasteiger partial charge on any atom is -0.396 e. The molecule has 0 saturated carbocycles. The third-order valence-corrected chi connectivity index (χ3v) is 3.40. The van der Waals surface area contributed by atoms with Gasteiger partial charge in [-0.2, -0.15) is 5.10 Å². The minimum absolute atomic E-state index is 0.460. The first-order valence-corrected chi connectivity index (χ1v) is 5.27. The lowest BCUT2D eigenvalue weighted by Crippen LogP contribution is -2.24. The first-order chi connectivity index (χ1) is 6.83. The van der Waals surface area contributed by atoms with Crippen LogP contribution < -0.4 is 5.73 Å². The molecule has 4 heteroatoms. The maximum absolute atomic E-state index is 5.85. The van der Waals surface area contributed by atoms with E-state index in [0.717, 1.165) is 24.2 Å². The number of rotatable bonds is 1. The highest BCUT2D eigenvalue weighted by molar-refractivity contribution is 5.42. The lowest BCUT2D eigenvalue weighted by atomic mass is 9.92. The van der Waals surface area contributed by atoms with Gasteiger partial charge in [0.05, 0.1) is 29.8 Å². The van der Waals surface area contributed by atoms with Crippen molar-refractivity contribution in [3.8, 4) is 0 Å². The average molecular weight is 193 g/mol. The number of aromatic amines is 1. The smallest absolute Gasteiger partial charge is 0.0733 e. The number of ether oxygens (including phenoxy) is 1. The van der Waals surface area contributed by atoms with Gasteiger partial charge in [0.2, 0.25) is 0 Å². The highest BCUT2D eigenvalue weighted by atomic mass is 16.5. The molecule has 3 rings (SSSR count). The van der Waals surface area contributed by atoms with E-state index < -0.39 is 0 Å². The highest BCUT2D eigenvalue weighted by Gasteiger charge is 2.36. The van der Waals surface area contributed by atoms with Crippen LogP contribution in [0.25, 0.3) is 0 Å². The SMILES string of the molecule is Nc1cn[nH]c1C1C[C@H]2CC[C@@H](C1)O2. The first kappa shape index (κ1) is 8.29. The standard InChI is InChI=1S/C10H15N3O/c11-9-5-12-13-10(9)6-3-7-1-2-8(4-6)14-7/h5-8H,1-4,11H2,(H,12,13)/t6?,7-,8+. The van der Waals surface area contributed by atoms with Crippen LogP contribution in [-0.2, 0) is 4.74 Å². The summed E-state index contributed by atoms with van der Waals surface area (Å²) in [4.78, 5) is 0. The van der Waals surface area contributed by atoms with E-state index >= 15 is 0 Å². The molecule has 2 saturated heterocycles. The van der Waals surface area contributed by atoms with E-state index in [1.165, 1.54) is 12.8 Å². The van der Waals surface area contributed by atoms with Gasteiger partial charge in [-0.3, -0.25) is 5.10 Å². The summed E-state index contributed by atoms with van der Waals surface area (Å²) in [6.07, 6.45) is 7.26. The second-order valence-electron chi connectivity index (χ2n) is 4.36. The van der Waals surface area contributed by atoms with Crippen LogP contribution in [-0.4, -0.2) is 22.4 Å². The van der Waals surface area contributed by atoms with Gasteiger partial charge in [-0.25, -0.2) is 0 Å². The quantitative estimate of drug-likeness (QED) is 0.709. The number of hydrogen-bond donors (Lipinski definition) is 2. The minimum atomic E-state index is 0.460. The summed E-state index contributed by atoms with van der Waals surface area (Å²) >= 11 is 0. The second kappa shape index (κ2) is 2.98. The number of nitrogens with zero attached hydrogens (tertiary/aromatic N) is 1. The van der Waals surface area contributed by atoms with Crippen molar-refractivity contribution in [1.82, 2.24) is 10.2 Å². The fourth-order valence-electron chi connectivity index (χ4n) is 2.73. The summed E-state index contributed by atoms with van der Waals surface area (Å²) in [5.74, 6) is 0.531. The summed E-state index contributed by atoms with van der Waals surface area (Å²) in [6.45, 7) is 0. The van der Waals surface area contributed by atoms with E-state index in [1.54, 1.807) is 6.20 Å². The predicted octanol–water partition coefficient (Wildman–Crippen LogP) is 1.42. The van der Waals surface area contributed by atoms with Crippen molar-refractivity contribution in [3.05, 3.63) is 11.9 Å². The van der Waals surface area contributed by atoms with Crippen molar-refractivity contribution in [1.29, 1.82) is 0 Å². The van der Waals surface area contributed by atoms with Gasteiger partial charge in [-0.15, -0.1) is 0 Å². The molecule has 2 bridgehead atoms. The van der Waals surface area contributed by atoms with Crippen LogP contribution in [0.15, 0.2) is 6.20 Å². The molecule has 76 valence electrons. The molecular formula is C10H15N3O. The van der Waals surface area contributed by atoms with Crippen molar-refractivity contribution in [2.45, 2.75) is 43.8 Å². The third-order valence-electron chi connectivity index (χ3n) is 3.40. The van der Waals surface area contributed by atoms with E-state index in [9.17, 15) is 0 Å². The number of H-pyrrole nitrogens is 1. The molecule has 0 aromatic carbocycles. The molecule has 0 amide bonds. The Bertz CT molecular complexity index is 324. The Morgan fingerprint density at radius 1 is 1.36 bits per heavy atom. The van der Waals surface area contributed by atoms with Crippen molar-refractivity contribution in [3.63, 3.8) is 0 Å². The van der Waals surface area contributed by atoms with E-state index in [0.29, 0.717) is 18.1 Å². The molecule has 4 nitrogen and oxygen atoms in total. The summed E-state index contributed by atoms with van der Waals surface area (Å²) in [7, 11) is 0. The molecule has 14 heavy (non-hydrogen) atoms. The zero-order chi connectivity index (χ0) is 9.54. The first-order valence-electron chi connectivity index (χ1n) is 5.27. The van der Waals surface area contributed by atoms with Crippen LogP contribution in [0.5, 0.6) is 0 Å². The van der Waals surface area contributed by atoms with Gasteiger partial charge in [0.15, 0.2) is 0 Å². The maximum Gasteiger partial charge on any atom is 0.0733 e. The Kier molecular flexibility index (Phi) is 1.77. The lowest BCUT2D eigenvalue weighted by Gasteiger charge is -2.27. The molecule has 0 radical (unpaired) electrons. The number of fused-ring (bicyclic) bond motifs is 2. The average Bonchev–Trinajstić information content (AvgIpc) is 2.73. The largest absolute Gasteiger partial charge is 0.396 e. The summed E-state index contributed by atoms with van der Waals surface area (Å²) in [5, 5.41) is 6.99. The third kappa shape index (κ3) is 1.21. The monoisotopic (exact) mass is 193 g/mol. The predicted molar refractivity (Wildman–Crippen MR) is 52.9 cm³/mol. The molecule has 2 fully saturated rings. The molecule has 3 N–H and O–H groups in total. The summed E-state index contributed by atoms with van der Waals surface area (Å²) in [6, 6.07) is 0. The van der Waals surface area contributed by atoms with E-state index in [2.05, 4.69) is 10.2 Å². The van der Waals surface area contributed by atoms with Crippen LogP contribution in [0, 0.1) is 0 Å². The zero-order valence-electron chi connectivity index (χ0n) is 8.07. The van der Waals surface area contributed by atoms with Gasteiger partial charge < -0.3 is 10.5 Å². The van der Waals surface area contributed by atoms with Crippen molar-refractivity contribution >= 4 is 5.69 Å². The number of anilines is 1. The fraction of sp³-hybridized carbons (Fsp3) is 0.700. The summed E-state index contributed by atoms with van der Waals surface area (Å²) < 4.78 is 5.79. The van der Waals surface area contributed by atoms with Gasteiger partial charge in [-0.1, -0.05) is 0 Å². The molecule has 2 aliphatic rings. The van der Waals surface area contributed by atoms with Crippen LogP contribution in [0.4, 0.5) is 5.69 Å². The van der Waals surface area contributed by atoms with Gasteiger partial charge in [0, 0.05) is 5.92 Å². The van der Waals surface area contributed by atoms with Gasteiger partial charge in [0.25, 0.3) is 0 Å². The Balaban J connectivity index is 1.84. The molecule has 2 aliphatic heterocycles. The number of aromatic nitrogens is 2. The Hall–Kier alpha value is -1.03. The second-order valence-corrected chi connectivity index (χ2v) is 4.36. The Labute approximate surface area is 82.8 Å². The van der Waals surface area contributed by atoms with Crippen LogP contribution in [0.1, 0.15) is 37.3 Å². The van der Waals surface area contributed by atoms with Gasteiger partial charge in [-0.05, 0) is 25.7 Å². The molecule has 3 heterocycles. The van der Waals surface area contributed by atoms with Crippen molar-refractivity contribution < 1.29 is 4.74 Å². The molecule has 1 aromatic rings. The van der Waals surface area contributed by atoms with Crippen molar-refractivity contribution in [2.24, 2.45) is 0 Å². The number of nitrogen functional groups attached to an aromatic ring is 1. The Morgan fingerprint density at radius 3 is 2.64 bits per heavy atom. The lowest BCUT2D eigenvalue weighted by molar-refractivity contribution is -0.00430. The van der Waals surface area contributed by atoms with Crippen molar-refractivity contribution in [2.75, 3.05) is 5.73 Å². The fourth-order valence-corrected chi connectivity index (χ4v) is 2.73. The number of hydrogen-bond acceptors (Lipinski definition) is 3.